The molecule has 0 aliphatic heterocycles. The Labute approximate surface area is 166 Å². The van der Waals surface area contributed by atoms with Gasteiger partial charge < -0.3 is 14.5 Å². The number of amides is 1. The second-order valence-corrected chi connectivity index (χ2v) is 6.68. The summed E-state index contributed by atoms with van der Waals surface area (Å²) in [5, 5.41) is 14.4. The Morgan fingerprint density at radius 3 is 2.66 bits per heavy atom. The zero-order chi connectivity index (χ0) is 21.1. The number of ether oxygens (including phenoxy) is 1. The van der Waals surface area contributed by atoms with E-state index in [9.17, 15) is 19.7 Å². The first kappa shape index (κ1) is 20.1. The molecule has 8 nitrogen and oxygen atoms in total. The first-order valence-corrected chi connectivity index (χ1v) is 9.08. The number of rotatable bonds is 6. The molecule has 0 spiro atoms. The van der Waals surface area contributed by atoms with Crippen LogP contribution in [-0.4, -0.2) is 17.4 Å². The van der Waals surface area contributed by atoms with Gasteiger partial charge in [-0.3, -0.25) is 14.9 Å². The Bertz CT molecular complexity index is 1170. The summed E-state index contributed by atoms with van der Waals surface area (Å²) in [6.45, 7) is 5.88. The first-order valence-electron chi connectivity index (χ1n) is 9.08. The number of hydrogen-bond acceptors (Lipinski definition) is 6. The second kappa shape index (κ2) is 8.14. The van der Waals surface area contributed by atoms with Gasteiger partial charge in [-0.1, -0.05) is 13.0 Å². The molecule has 0 radical (unpaired) electrons. The van der Waals surface area contributed by atoms with Crippen molar-refractivity contribution in [2.24, 2.45) is 0 Å². The molecule has 1 aromatic heterocycles. The molecular formula is C21H20N2O6. The molecule has 150 valence electrons. The van der Waals surface area contributed by atoms with Gasteiger partial charge in [0, 0.05) is 17.5 Å². The number of fused-ring (bicyclic) bond motifs is 1. The molecule has 2 aromatic carbocycles. The van der Waals surface area contributed by atoms with Gasteiger partial charge in [-0.05, 0) is 49.6 Å². The number of hydrogen-bond donors (Lipinski definition) is 1. The number of nitrogens with one attached hydrogen (secondary N) is 1. The molecule has 0 atom stereocenters. The molecule has 0 unspecified atom stereocenters. The third-order valence-corrected chi connectivity index (χ3v) is 4.32. The van der Waals surface area contributed by atoms with Crippen molar-refractivity contribution < 1.29 is 18.9 Å². The van der Waals surface area contributed by atoms with Gasteiger partial charge in [-0.25, -0.2) is 4.79 Å². The van der Waals surface area contributed by atoms with E-state index in [-0.39, 0.29) is 22.5 Å². The fourth-order valence-corrected chi connectivity index (χ4v) is 2.99. The van der Waals surface area contributed by atoms with Crippen molar-refractivity contribution in [3.05, 3.63) is 73.6 Å². The summed E-state index contributed by atoms with van der Waals surface area (Å²) in [6, 6.07) is 9.46. The molecule has 0 bridgehead atoms. The van der Waals surface area contributed by atoms with Crippen molar-refractivity contribution in [3.8, 4) is 5.75 Å². The molecule has 3 aromatic rings. The van der Waals surface area contributed by atoms with Gasteiger partial charge in [0.1, 0.15) is 22.6 Å². The molecule has 1 N–H and O–H groups in total. The Morgan fingerprint density at radius 1 is 1.21 bits per heavy atom. The second-order valence-electron chi connectivity index (χ2n) is 6.68. The number of anilines is 1. The van der Waals surface area contributed by atoms with E-state index in [0.29, 0.717) is 28.9 Å². The number of nitro groups is 1. The van der Waals surface area contributed by atoms with Crippen LogP contribution in [0.3, 0.4) is 0 Å². The van der Waals surface area contributed by atoms with Crippen molar-refractivity contribution in [2.75, 3.05) is 11.9 Å². The summed E-state index contributed by atoms with van der Waals surface area (Å²) in [4.78, 5) is 35.8. The third kappa shape index (κ3) is 4.26. The van der Waals surface area contributed by atoms with Crippen molar-refractivity contribution >= 4 is 28.3 Å². The van der Waals surface area contributed by atoms with Crippen LogP contribution in [0.4, 0.5) is 11.4 Å². The summed E-state index contributed by atoms with van der Waals surface area (Å²) in [5.74, 6) is -0.215. The van der Waals surface area contributed by atoms with E-state index < -0.39 is 16.5 Å². The van der Waals surface area contributed by atoms with Gasteiger partial charge in [0.25, 0.3) is 11.6 Å². The summed E-state index contributed by atoms with van der Waals surface area (Å²) in [5.41, 5.74) is 0.236. The fraction of sp³-hybridized carbons (Fsp3) is 0.238. The number of aryl methyl sites for hydroxylation is 2. The monoisotopic (exact) mass is 396 g/mol. The van der Waals surface area contributed by atoms with Crippen LogP contribution in [0.2, 0.25) is 0 Å². The summed E-state index contributed by atoms with van der Waals surface area (Å²) in [7, 11) is 0. The van der Waals surface area contributed by atoms with Gasteiger partial charge in [-0.15, -0.1) is 0 Å². The van der Waals surface area contributed by atoms with Crippen molar-refractivity contribution in [3.63, 3.8) is 0 Å². The lowest BCUT2D eigenvalue weighted by molar-refractivity contribution is -0.384. The number of benzene rings is 2. The largest absolute Gasteiger partial charge is 0.493 e. The van der Waals surface area contributed by atoms with E-state index >= 15 is 0 Å². The minimum Gasteiger partial charge on any atom is -0.493 e. The molecule has 3 rings (SSSR count). The van der Waals surface area contributed by atoms with Gasteiger partial charge in [0.15, 0.2) is 0 Å². The molecule has 0 saturated heterocycles. The average Bonchev–Trinajstić information content (AvgIpc) is 2.67. The Kier molecular flexibility index (Phi) is 5.63. The van der Waals surface area contributed by atoms with Gasteiger partial charge in [-0.2, -0.15) is 0 Å². The highest BCUT2D eigenvalue weighted by Gasteiger charge is 2.22. The molecular weight excluding hydrogens is 376 g/mol. The Hall–Kier alpha value is -3.68. The predicted octanol–water partition coefficient (Wildman–Crippen LogP) is 4.36. The minimum absolute atomic E-state index is 0.0495. The van der Waals surface area contributed by atoms with Crippen LogP contribution in [0.15, 0.2) is 45.6 Å². The highest BCUT2D eigenvalue weighted by atomic mass is 16.6. The lowest BCUT2D eigenvalue weighted by Crippen LogP contribution is -2.21. The summed E-state index contributed by atoms with van der Waals surface area (Å²) < 4.78 is 10.8. The lowest BCUT2D eigenvalue weighted by Gasteiger charge is -2.10. The van der Waals surface area contributed by atoms with Crippen LogP contribution in [0.5, 0.6) is 5.75 Å². The van der Waals surface area contributed by atoms with Gasteiger partial charge in [0.2, 0.25) is 0 Å². The number of nitrogens with zero attached hydrogens (tertiary/aromatic N) is 1. The van der Waals surface area contributed by atoms with Crippen LogP contribution in [0.25, 0.3) is 11.0 Å². The van der Waals surface area contributed by atoms with Crippen LogP contribution < -0.4 is 15.7 Å². The van der Waals surface area contributed by atoms with Gasteiger partial charge >= 0.3 is 5.63 Å². The highest BCUT2D eigenvalue weighted by Crippen LogP contribution is 2.30. The van der Waals surface area contributed by atoms with Crippen LogP contribution in [0.1, 0.15) is 34.8 Å². The summed E-state index contributed by atoms with van der Waals surface area (Å²) in [6.07, 6.45) is 0.839. The van der Waals surface area contributed by atoms with E-state index in [2.05, 4.69) is 5.32 Å². The average molecular weight is 396 g/mol. The van der Waals surface area contributed by atoms with E-state index in [1.165, 1.54) is 12.1 Å². The van der Waals surface area contributed by atoms with Crippen LogP contribution in [0, 0.1) is 24.0 Å². The van der Waals surface area contributed by atoms with Crippen LogP contribution in [-0.2, 0) is 0 Å². The molecule has 8 heteroatoms. The van der Waals surface area contributed by atoms with Crippen LogP contribution >= 0.6 is 0 Å². The maximum absolute atomic E-state index is 12.7. The maximum Gasteiger partial charge on any atom is 0.349 e. The lowest BCUT2D eigenvalue weighted by atomic mass is 10.1. The molecule has 0 aliphatic rings. The molecule has 0 fully saturated rings. The molecule has 0 aliphatic carbocycles. The van der Waals surface area contributed by atoms with E-state index in [1.54, 1.807) is 38.1 Å². The molecule has 1 heterocycles. The molecule has 29 heavy (non-hydrogen) atoms. The zero-order valence-corrected chi connectivity index (χ0v) is 16.3. The summed E-state index contributed by atoms with van der Waals surface area (Å²) >= 11 is 0. The quantitative estimate of drug-likeness (QED) is 0.376. The van der Waals surface area contributed by atoms with E-state index in [4.69, 9.17) is 9.15 Å². The van der Waals surface area contributed by atoms with E-state index in [1.807, 2.05) is 6.92 Å². The number of nitro benzene ring substituents is 1. The maximum atomic E-state index is 12.7. The normalized spacial score (nSPS) is 10.7. The first-order chi connectivity index (χ1) is 13.8. The molecule has 1 amide bonds. The van der Waals surface area contributed by atoms with Gasteiger partial charge in [0.05, 0.1) is 11.5 Å². The zero-order valence-electron chi connectivity index (χ0n) is 16.3. The SMILES string of the molecule is CCCOc1ccc2cc(C(=O)Nc3c(C)cc(C)cc3[N+](=O)[O-])c(=O)oc2c1. The number of carbonyl (C=O) groups is 1. The predicted molar refractivity (Wildman–Crippen MR) is 109 cm³/mol. The number of carbonyl (C=O) groups excluding carboxylic acids is 1. The standard InChI is InChI=1S/C21H20N2O6/c1-4-7-28-15-6-5-14-10-16(21(25)29-18(14)11-15)20(24)22-19-13(3)8-12(2)9-17(19)23(26)27/h5-6,8-11H,4,7H2,1-3H3,(H,22,24). The Morgan fingerprint density at radius 2 is 1.97 bits per heavy atom. The third-order valence-electron chi connectivity index (χ3n) is 4.32. The fourth-order valence-electron chi connectivity index (χ4n) is 2.99. The minimum atomic E-state index is -0.838. The Balaban J connectivity index is 1.97. The molecule has 0 saturated carbocycles. The van der Waals surface area contributed by atoms with Crippen molar-refractivity contribution in [1.29, 1.82) is 0 Å². The van der Waals surface area contributed by atoms with Crippen molar-refractivity contribution in [1.82, 2.24) is 0 Å². The van der Waals surface area contributed by atoms with E-state index in [0.717, 1.165) is 6.42 Å². The highest BCUT2D eigenvalue weighted by molar-refractivity contribution is 6.07. The topological polar surface area (TPSA) is 112 Å². The van der Waals surface area contributed by atoms with Crippen molar-refractivity contribution in [2.45, 2.75) is 27.2 Å². The smallest absolute Gasteiger partial charge is 0.349 e.